The molecule has 2 aromatic carbocycles. The molecule has 1 saturated heterocycles. The molecule has 1 aromatic heterocycles. The monoisotopic (exact) mass is 435 g/mol. The van der Waals surface area contributed by atoms with Crippen LogP contribution in [0.15, 0.2) is 42.5 Å². The zero-order chi connectivity index (χ0) is 21.0. The quantitative estimate of drug-likeness (QED) is 0.570. The van der Waals surface area contributed by atoms with Crippen molar-refractivity contribution < 1.29 is 4.74 Å². The van der Waals surface area contributed by atoms with Gasteiger partial charge in [0.25, 0.3) is 0 Å². The van der Waals surface area contributed by atoms with Crippen LogP contribution in [0.3, 0.4) is 0 Å². The van der Waals surface area contributed by atoms with E-state index in [1.165, 1.54) is 16.7 Å². The molecule has 0 bridgehead atoms. The lowest BCUT2D eigenvalue weighted by Gasteiger charge is -2.28. The van der Waals surface area contributed by atoms with Crippen LogP contribution in [0.4, 0.5) is 5.95 Å². The van der Waals surface area contributed by atoms with Gasteiger partial charge in [-0.05, 0) is 61.2 Å². The van der Waals surface area contributed by atoms with Crippen LogP contribution in [0.2, 0.25) is 5.02 Å². The first-order valence-electron chi connectivity index (χ1n) is 11.0. The van der Waals surface area contributed by atoms with Crippen LogP contribution in [-0.4, -0.2) is 39.8 Å². The van der Waals surface area contributed by atoms with Crippen LogP contribution < -0.4 is 4.90 Å². The highest BCUT2D eigenvalue weighted by atomic mass is 35.5. The van der Waals surface area contributed by atoms with Gasteiger partial charge in [0.2, 0.25) is 5.95 Å². The van der Waals surface area contributed by atoms with Crippen LogP contribution in [0.5, 0.6) is 0 Å². The number of aromatic nitrogens is 3. The van der Waals surface area contributed by atoms with Crippen molar-refractivity contribution in [1.29, 1.82) is 0 Å². The third-order valence-electron chi connectivity index (χ3n) is 6.94. The summed E-state index contributed by atoms with van der Waals surface area (Å²) in [4.78, 5) is 4.65. The third kappa shape index (κ3) is 3.16. The molecule has 0 saturated carbocycles. The Balaban J connectivity index is 1.36. The number of hydrogen-bond donors (Lipinski definition) is 0. The SMILES string of the molecule is CN1Cc2cc(Cl)ccc2-n2c(nnc2N2CCC[C@]3(CC2)OCc2ccccc23)C1. The second-order valence-corrected chi connectivity index (χ2v) is 9.41. The lowest BCUT2D eigenvalue weighted by Crippen LogP contribution is -2.30. The molecule has 31 heavy (non-hydrogen) atoms. The molecule has 3 aromatic rings. The molecule has 0 radical (unpaired) electrons. The van der Waals surface area contributed by atoms with E-state index in [1.54, 1.807) is 0 Å². The largest absolute Gasteiger partial charge is 0.366 e. The molecule has 1 spiro atoms. The van der Waals surface area contributed by atoms with Crippen molar-refractivity contribution in [3.05, 3.63) is 70.0 Å². The Hall–Kier alpha value is -2.41. The van der Waals surface area contributed by atoms with Crippen LogP contribution in [0, 0.1) is 0 Å². The molecule has 0 unspecified atom stereocenters. The van der Waals surface area contributed by atoms with Gasteiger partial charge in [-0.15, -0.1) is 10.2 Å². The van der Waals surface area contributed by atoms with Crippen LogP contribution in [0.1, 0.15) is 41.8 Å². The summed E-state index contributed by atoms with van der Waals surface area (Å²) >= 11 is 6.32. The molecule has 1 atom stereocenters. The Labute approximate surface area is 187 Å². The molecule has 0 amide bonds. The average Bonchev–Trinajstić information content (AvgIpc) is 3.20. The molecule has 3 aliphatic rings. The molecule has 6 nitrogen and oxygen atoms in total. The standard InChI is InChI=1S/C24H26ClN5O/c1-28-14-18-13-19(25)7-8-21(18)30-22(15-28)26-27-23(30)29-11-4-9-24(10-12-29)20-6-3-2-5-17(20)16-31-24/h2-3,5-8,13H,4,9-12,14-16H2,1H3/t24-/m1/s1. The van der Waals surface area contributed by atoms with Gasteiger partial charge in [-0.2, -0.15) is 0 Å². The van der Waals surface area contributed by atoms with Gasteiger partial charge < -0.3 is 9.64 Å². The van der Waals surface area contributed by atoms with Gasteiger partial charge in [0.05, 0.1) is 24.4 Å². The highest BCUT2D eigenvalue weighted by Gasteiger charge is 2.41. The van der Waals surface area contributed by atoms with E-state index < -0.39 is 0 Å². The minimum atomic E-state index is -0.168. The number of ether oxygens (including phenoxy) is 1. The van der Waals surface area contributed by atoms with E-state index in [1.807, 2.05) is 6.07 Å². The molecule has 160 valence electrons. The maximum absolute atomic E-state index is 6.42. The minimum Gasteiger partial charge on any atom is -0.366 e. The van der Waals surface area contributed by atoms with Crippen molar-refractivity contribution in [2.24, 2.45) is 0 Å². The molecular weight excluding hydrogens is 410 g/mol. The van der Waals surface area contributed by atoms with Gasteiger partial charge in [0.15, 0.2) is 5.82 Å². The molecule has 0 aliphatic carbocycles. The van der Waals surface area contributed by atoms with Gasteiger partial charge >= 0.3 is 0 Å². The van der Waals surface area contributed by atoms with Crippen LogP contribution >= 0.6 is 11.6 Å². The van der Waals surface area contributed by atoms with Crippen molar-refractivity contribution in [2.45, 2.75) is 44.6 Å². The second kappa shape index (κ2) is 7.33. The molecular formula is C24H26ClN5O. The summed E-state index contributed by atoms with van der Waals surface area (Å²) in [5, 5.41) is 10.0. The lowest BCUT2D eigenvalue weighted by atomic mass is 9.86. The van der Waals surface area contributed by atoms with Crippen molar-refractivity contribution in [3.8, 4) is 5.69 Å². The summed E-state index contributed by atoms with van der Waals surface area (Å²) in [5.41, 5.74) is 4.87. The van der Waals surface area contributed by atoms with Crippen molar-refractivity contribution in [3.63, 3.8) is 0 Å². The number of nitrogens with zero attached hydrogens (tertiary/aromatic N) is 5. The average molecular weight is 436 g/mol. The summed E-state index contributed by atoms with van der Waals surface area (Å²) in [6.45, 7) is 4.16. The smallest absolute Gasteiger partial charge is 0.231 e. The first kappa shape index (κ1) is 19.3. The molecule has 4 heterocycles. The minimum absolute atomic E-state index is 0.168. The van der Waals surface area contributed by atoms with Gasteiger partial charge in [-0.3, -0.25) is 9.47 Å². The predicted molar refractivity (Wildman–Crippen MR) is 121 cm³/mol. The van der Waals surface area contributed by atoms with E-state index in [2.05, 4.69) is 68.0 Å². The van der Waals surface area contributed by atoms with E-state index in [4.69, 9.17) is 16.3 Å². The Bertz CT molecular complexity index is 1140. The van der Waals surface area contributed by atoms with Crippen LogP contribution in [-0.2, 0) is 30.0 Å². The van der Waals surface area contributed by atoms with Crippen molar-refractivity contribution >= 4 is 17.5 Å². The summed E-state index contributed by atoms with van der Waals surface area (Å²) in [6, 6.07) is 14.8. The molecule has 6 rings (SSSR count). The molecule has 3 aliphatic heterocycles. The zero-order valence-electron chi connectivity index (χ0n) is 17.7. The van der Waals surface area contributed by atoms with E-state index in [9.17, 15) is 0 Å². The van der Waals surface area contributed by atoms with Gasteiger partial charge in [0.1, 0.15) is 0 Å². The Morgan fingerprint density at radius 1 is 1.00 bits per heavy atom. The summed E-state index contributed by atoms with van der Waals surface area (Å²) in [5.74, 6) is 1.90. The molecule has 7 heteroatoms. The van der Waals surface area contributed by atoms with Gasteiger partial charge in [-0.1, -0.05) is 35.9 Å². The Kier molecular flexibility index (Phi) is 4.56. The summed E-state index contributed by atoms with van der Waals surface area (Å²) in [6.07, 6.45) is 3.06. The maximum Gasteiger partial charge on any atom is 0.231 e. The first-order chi connectivity index (χ1) is 15.1. The van der Waals surface area contributed by atoms with E-state index in [-0.39, 0.29) is 5.60 Å². The number of fused-ring (bicyclic) bond motifs is 5. The Morgan fingerprint density at radius 2 is 1.90 bits per heavy atom. The lowest BCUT2D eigenvalue weighted by molar-refractivity contribution is -0.0466. The first-order valence-corrected chi connectivity index (χ1v) is 11.4. The fourth-order valence-electron chi connectivity index (χ4n) is 5.45. The van der Waals surface area contributed by atoms with Gasteiger partial charge in [-0.25, -0.2) is 0 Å². The second-order valence-electron chi connectivity index (χ2n) is 8.98. The van der Waals surface area contributed by atoms with E-state index in [0.717, 1.165) is 74.5 Å². The summed E-state index contributed by atoms with van der Waals surface area (Å²) < 4.78 is 8.66. The highest BCUT2D eigenvalue weighted by molar-refractivity contribution is 6.30. The topological polar surface area (TPSA) is 46.4 Å². The van der Waals surface area contributed by atoms with Crippen molar-refractivity contribution in [2.75, 3.05) is 25.0 Å². The maximum atomic E-state index is 6.42. The fourth-order valence-corrected chi connectivity index (χ4v) is 5.65. The highest BCUT2D eigenvalue weighted by Crippen LogP contribution is 2.44. The number of halogens is 1. The zero-order valence-corrected chi connectivity index (χ0v) is 18.5. The number of benzene rings is 2. The fraction of sp³-hybridized carbons (Fsp3) is 0.417. The molecule has 0 N–H and O–H groups in total. The van der Waals surface area contributed by atoms with E-state index in [0.29, 0.717) is 0 Å². The molecule has 1 fully saturated rings. The Morgan fingerprint density at radius 3 is 2.84 bits per heavy atom. The number of rotatable bonds is 1. The van der Waals surface area contributed by atoms with Crippen LogP contribution in [0.25, 0.3) is 5.69 Å². The summed E-state index contributed by atoms with van der Waals surface area (Å²) in [7, 11) is 2.11. The normalized spacial score (nSPS) is 23.2. The number of anilines is 1. The van der Waals surface area contributed by atoms with Crippen molar-refractivity contribution in [1.82, 2.24) is 19.7 Å². The van der Waals surface area contributed by atoms with Gasteiger partial charge in [0, 0.05) is 24.7 Å². The number of hydrogen-bond acceptors (Lipinski definition) is 5. The van der Waals surface area contributed by atoms with E-state index >= 15 is 0 Å². The third-order valence-corrected chi connectivity index (χ3v) is 7.17. The predicted octanol–water partition coefficient (Wildman–Crippen LogP) is 4.28.